The highest BCUT2D eigenvalue weighted by molar-refractivity contribution is 6.30. The first-order valence-electron chi connectivity index (χ1n) is 4.77. The maximum atomic E-state index is 8.46. The van der Waals surface area contributed by atoms with Gasteiger partial charge < -0.3 is 15.7 Å². The summed E-state index contributed by atoms with van der Waals surface area (Å²) in [4.78, 5) is 11.7. The Morgan fingerprint density at radius 2 is 2.11 bits per heavy atom. The van der Waals surface area contributed by atoms with Crippen LogP contribution in [0.25, 0.3) is 0 Å². The molecule has 3 N–H and O–H groups in total. The van der Waals surface area contributed by atoms with E-state index in [0.717, 1.165) is 0 Å². The van der Waals surface area contributed by atoms with Gasteiger partial charge in [-0.3, -0.25) is 4.98 Å². The lowest BCUT2D eigenvalue weighted by atomic mass is 10.4. The van der Waals surface area contributed by atoms with Crippen LogP contribution in [0.4, 0.5) is 0 Å². The van der Waals surface area contributed by atoms with Crippen LogP contribution < -0.4 is 10.5 Å². The summed E-state index contributed by atoms with van der Waals surface area (Å²) in [6.07, 6.45) is 5.64. The zero-order valence-corrected chi connectivity index (χ0v) is 9.74. The molecule has 0 fully saturated rings. The van der Waals surface area contributed by atoms with Crippen molar-refractivity contribution in [3.63, 3.8) is 0 Å². The van der Waals surface area contributed by atoms with Crippen LogP contribution in [0, 0.1) is 0 Å². The highest BCUT2D eigenvalue weighted by atomic mass is 35.5. The van der Waals surface area contributed by atoms with Crippen LogP contribution in [-0.2, 0) is 0 Å². The van der Waals surface area contributed by atoms with E-state index in [9.17, 15) is 0 Å². The highest BCUT2D eigenvalue weighted by Gasteiger charge is 2.04. The van der Waals surface area contributed by atoms with Gasteiger partial charge in [-0.15, -0.1) is 0 Å². The second kappa shape index (κ2) is 5.28. The fourth-order valence-electron chi connectivity index (χ4n) is 1.12. The molecule has 0 amide bonds. The van der Waals surface area contributed by atoms with Gasteiger partial charge in [-0.1, -0.05) is 16.8 Å². The molecule has 0 spiro atoms. The first kappa shape index (κ1) is 12.1. The van der Waals surface area contributed by atoms with Crippen molar-refractivity contribution >= 4 is 17.4 Å². The van der Waals surface area contributed by atoms with E-state index in [0.29, 0.717) is 10.8 Å². The lowest BCUT2D eigenvalue weighted by Crippen LogP contribution is -2.15. The van der Waals surface area contributed by atoms with Crippen molar-refractivity contribution in [2.75, 3.05) is 0 Å². The molecule has 0 bridgehead atoms. The van der Waals surface area contributed by atoms with Gasteiger partial charge in [0.15, 0.2) is 5.84 Å². The lowest BCUT2D eigenvalue weighted by molar-refractivity contribution is 0.318. The molecule has 2 aromatic heterocycles. The average Bonchev–Trinajstić information content (AvgIpc) is 2.39. The van der Waals surface area contributed by atoms with E-state index in [4.69, 9.17) is 27.3 Å². The van der Waals surface area contributed by atoms with Crippen LogP contribution in [0.5, 0.6) is 11.6 Å². The van der Waals surface area contributed by atoms with Crippen molar-refractivity contribution < 1.29 is 9.94 Å². The van der Waals surface area contributed by atoms with E-state index in [1.54, 1.807) is 6.07 Å². The fraction of sp³-hybridized carbons (Fsp3) is 0. The quantitative estimate of drug-likeness (QED) is 0.376. The third kappa shape index (κ3) is 2.83. The van der Waals surface area contributed by atoms with Crippen LogP contribution >= 0.6 is 11.6 Å². The second-order valence-electron chi connectivity index (χ2n) is 3.17. The van der Waals surface area contributed by atoms with E-state index in [1.807, 2.05) is 0 Å². The Labute approximate surface area is 107 Å². The SMILES string of the molecule is NC(=NO)c1cnc(Oc2cncc(Cl)c2)cn1. The largest absolute Gasteiger partial charge is 0.436 e. The number of nitrogens with two attached hydrogens (primary N) is 1. The third-order valence-electron chi connectivity index (χ3n) is 1.90. The van der Waals surface area contributed by atoms with Crippen LogP contribution in [-0.4, -0.2) is 26.0 Å². The molecule has 0 radical (unpaired) electrons. The summed E-state index contributed by atoms with van der Waals surface area (Å²) in [7, 11) is 0. The third-order valence-corrected chi connectivity index (χ3v) is 2.11. The topological polar surface area (TPSA) is 107 Å². The Balaban J connectivity index is 2.16. The Bertz CT molecular complexity index is 573. The van der Waals surface area contributed by atoms with Gasteiger partial charge >= 0.3 is 0 Å². The summed E-state index contributed by atoms with van der Waals surface area (Å²) in [6, 6.07) is 1.59. The predicted molar refractivity (Wildman–Crippen MR) is 63.9 cm³/mol. The van der Waals surface area contributed by atoms with Crippen LogP contribution in [0.1, 0.15) is 5.69 Å². The standard InChI is InChI=1S/C10H8ClN5O2/c11-6-1-7(3-13-2-6)18-9-5-14-8(4-15-9)10(12)16-17/h1-5,17H,(H2,12,16). The number of aromatic nitrogens is 3. The average molecular weight is 266 g/mol. The molecule has 0 aliphatic carbocycles. The summed E-state index contributed by atoms with van der Waals surface area (Å²) < 4.78 is 5.36. The minimum Gasteiger partial charge on any atom is -0.436 e. The Morgan fingerprint density at radius 3 is 2.72 bits per heavy atom. The number of ether oxygens (including phenoxy) is 1. The molecule has 0 saturated heterocycles. The lowest BCUT2D eigenvalue weighted by Gasteiger charge is -2.04. The number of nitrogens with zero attached hydrogens (tertiary/aromatic N) is 4. The molecule has 0 aliphatic heterocycles. The first-order chi connectivity index (χ1) is 8.69. The normalized spacial score (nSPS) is 11.3. The molecule has 8 heteroatoms. The highest BCUT2D eigenvalue weighted by Crippen LogP contribution is 2.20. The Hall–Kier alpha value is -2.41. The summed E-state index contributed by atoms with van der Waals surface area (Å²) in [5.74, 6) is 0.556. The molecule has 92 valence electrons. The first-order valence-corrected chi connectivity index (χ1v) is 5.15. The zero-order valence-electron chi connectivity index (χ0n) is 8.99. The second-order valence-corrected chi connectivity index (χ2v) is 3.60. The van der Waals surface area contributed by atoms with Gasteiger partial charge in [0.05, 0.1) is 23.6 Å². The molecule has 2 heterocycles. The molecule has 0 atom stereocenters. The molecule has 0 aliphatic rings. The summed E-state index contributed by atoms with van der Waals surface area (Å²) in [6.45, 7) is 0. The number of pyridine rings is 1. The van der Waals surface area contributed by atoms with Gasteiger partial charge in [-0.25, -0.2) is 9.97 Å². The molecular weight excluding hydrogens is 258 g/mol. The van der Waals surface area contributed by atoms with E-state index in [2.05, 4.69) is 20.1 Å². The molecule has 7 nitrogen and oxygen atoms in total. The van der Waals surface area contributed by atoms with Gasteiger partial charge in [0.25, 0.3) is 0 Å². The predicted octanol–water partition coefficient (Wildman–Crippen LogP) is 1.41. The molecule has 2 rings (SSSR count). The maximum Gasteiger partial charge on any atom is 0.237 e. The van der Waals surface area contributed by atoms with Crippen molar-refractivity contribution in [1.29, 1.82) is 0 Å². The zero-order chi connectivity index (χ0) is 13.0. The minimum absolute atomic E-state index is 0.126. The van der Waals surface area contributed by atoms with Gasteiger partial charge in [0.1, 0.15) is 11.4 Å². The monoisotopic (exact) mass is 265 g/mol. The van der Waals surface area contributed by atoms with E-state index in [-0.39, 0.29) is 17.4 Å². The number of rotatable bonds is 3. The van der Waals surface area contributed by atoms with Crippen LogP contribution in [0.3, 0.4) is 0 Å². The number of halogens is 1. The summed E-state index contributed by atoms with van der Waals surface area (Å²) in [5, 5.41) is 11.7. The van der Waals surface area contributed by atoms with Crippen molar-refractivity contribution in [2.45, 2.75) is 0 Å². The van der Waals surface area contributed by atoms with Crippen molar-refractivity contribution in [2.24, 2.45) is 10.9 Å². The maximum absolute atomic E-state index is 8.46. The van der Waals surface area contributed by atoms with Gasteiger partial charge in [0.2, 0.25) is 5.88 Å². The fourth-order valence-corrected chi connectivity index (χ4v) is 1.29. The summed E-state index contributed by atoms with van der Waals surface area (Å²) in [5.41, 5.74) is 5.59. The molecular formula is C10H8ClN5O2. The molecule has 0 saturated carbocycles. The van der Waals surface area contributed by atoms with Crippen molar-refractivity contribution in [3.05, 3.63) is 41.6 Å². The van der Waals surface area contributed by atoms with Crippen LogP contribution in [0.15, 0.2) is 36.0 Å². The van der Waals surface area contributed by atoms with Crippen molar-refractivity contribution in [1.82, 2.24) is 15.0 Å². The van der Waals surface area contributed by atoms with Gasteiger partial charge in [-0.05, 0) is 0 Å². The smallest absolute Gasteiger partial charge is 0.237 e. The van der Waals surface area contributed by atoms with Gasteiger partial charge in [0, 0.05) is 12.3 Å². The molecule has 0 unspecified atom stereocenters. The van der Waals surface area contributed by atoms with Crippen molar-refractivity contribution in [3.8, 4) is 11.6 Å². The minimum atomic E-state index is -0.126. The number of amidine groups is 1. The molecule has 2 aromatic rings. The molecule has 0 aromatic carbocycles. The van der Waals surface area contributed by atoms with Gasteiger partial charge in [-0.2, -0.15) is 0 Å². The van der Waals surface area contributed by atoms with Crippen LogP contribution in [0.2, 0.25) is 5.02 Å². The van der Waals surface area contributed by atoms with E-state index < -0.39 is 0 Å². The summed E-state index contributed by atoms with van der Waals surface area (Å²) >= 11 is 5.76. The number of hydrogen-bond acceptors (Lipinski definition) is 6. The number of hydrogen-bond donors (Lipinski definition) is 2. The Kier molecular flexibility index (Phi) is 3.54. The molecule has 18 heavy (non-hydrogen) atoms. The Morgan fingerprint density at radius 1 is 1.28 bits per heavy atom. The number of oxime groups is 1. The van der Waals surface area contributed by atoms with E-state index >= 15 is 0 Å². The van der Waals surface area contributed by atoms with E-state index in [1.165, 1.54) is 24.8 Å².